The Morgan fingerprint density at radius 2 is 1.92 bits per heavy atom. The summed E-state index contributed by atoms with van der Waals surface area (Å²) in [5.74, 6) is -0.459. The molecule has 0 aliphatic heterocycles. The number of halogens is 1. The lowest BCUT2D eigenvalue weighted by Gasteiger charge is -2.17. The van der Waals surface area contributed by atoms with Crippen molar-refractivity contribution in [2.75, 3.05) is 5.32 Å². The molecule has 6 nitrogen and oxygen atoms in total. The van der Waals surface area contributed by atoms with Crippen molar-refractivity contribution in [2.45, 2.75) is 24.5 Å². The number of amides is 1. The van der Waals surface area contributed by atoms with Crippen molar-refractivity contribution in [1.82, 2.24) is 4.98 Å². The minimum Gasteiger partial charge on any atom is -0.322 e. The van der Waals surface area contributed by atoms with E-state index in [0.29, 0.717) is 5.69 Å². The molecule has 3 N–H and O–H groups in total. The summed E-state index contributed by atoms with van der Waals surface area (Å²) in [6.45, 7) is 6.40. The van der Waals surface area contributed by atoms with Gasteiger partial charge in [-0.25, -0.2) is 18.5 Å². The van der Waals surface area contributed by atoms with Crippen molar-refractivity contribution in [3.8, 4) is 0 Å². The molecule has 1 amide bonds. The Morgan fingerprint density at radius 3 is 2.50 bits per heavy atom. The Morgan fingerprint density at radius 1 is 1.25 bits per heavy atom. The van der Waals surface area contributed by atoms with Crippen LogP contribution in [0.15, 0.2) is 41.4 Å². The van der Waals surface area contributed by atoms with E-state index >= 15 is 0 Å². The first-order valence-electron chi connectivity index (χ1n) is 7.09. The zero-order valence-corrected chi connectivity index (χ0v) is 16.1. The third-order valence-electron chi connectivity index (χ3n) is 3.37. The van der Waals surface area contributed by atoms with Gasteiger partial charge in [0.2, 0.25) is 10.0 Å². The van der Waals surface area contributed by atoms with Gasteiger partial charge in [-0.05, 0) is 29.5 Å². The summed E-state index contributed by atoms with van der Waals surface area (Å²) in [7, 11) is -5.50. The van der Waals surface area contributed by atoms with Crippen LogP contribution in [0.5, 0.6) is 0 Å². The summed E-state index contributed by atoms with van der Waals surface area (Å²) in [4.78, 5) is 16.5. The summed E-state index contributed by atoms with van der Waals surface area (Å²) in [6.07, 6.45) is 1.69. The Hall–Kier alpha value is -1.74. The van der Waals surface area contributed by atoms with Crippen LogP contribution in [0.2, 0.25) is 24.8 Å². The number of primary sulfonamides is 1. The van der Waals surface area contributed by atoms with Crippen LogP contribution < -0.4 is 15.6 Å². The highest BCUT2D eigenvalue weighted by molar-refractivity contribution is 7.89. The van der Waals surface area contributed by atoms with E-state index in [1.165, 1.54) is 18.2 Å². The first-order valence-corrected chi connectivity index (χ1v) is 12.5. The van der Waals surface area contributed by atoms with Crippen molar-refractivity contribution in [3.63, 3.8) is 0 Å². The molecular weight excluding hydrogens is 366 g/mol. The Bertz CT molecular complexity index is 895. The number of carbonyl (C=O) groups excluding carboxylic acids is 1. The van der Waals surface area contributed by atoms with E-state index in [2.05, 4.69) is 29.9 Å². The molecule has 9 heteroatoms. The highest BCUT2D eigenvalue weighted by atomic mass is 35.5. The van der Waals surface area contributed by atoms with Gasteiger partial charge in [0.1, 0.15) is 5.15 Å². The summed E-state index contributed by atoms with van der Waals surface area (Å²) >= 11 is 6.04. The standard InChI is InChI=1S/C15H18ClN3O3SSi/c1-24(2,3)12-8-13(14(16)18-9-12)15(20)19-10-5-4-6-11(7-10)23(17,21)22/h4-9H,1-3H3,(H,19,20)(H2,17,21,22). The molecule has 1 aromatic heterocycles. The van der Waals surface area contributed by atoms with Gasteiger partial charge in [-0.15, -0.1) is 0 Å². The zero-order valence-electron chi connectivity index (χ0n) is 13.5. The van der Waals surface area contributed by atoms with Gasteiger partial charge in [0.05, 0.1) is 18.5 Å². The molecule has 0 spiro atoms. The second-order valence-electron chi connectivity index (χ2n) is 6.34. The van der Waals surface area contributed by atoms with Gasteiger partial charge in [-0.1, -0.05) is 37.3 Å². The molecule has 24 heavy (non-hydrogen) atoms. The molecule has 2 rings (SSSR count). The Labute approximate surface area is 147 Å². The number of nitrogens with one attached hydrogen (secondary N) is 1. The second kappa shape index (κ2) is 6.64. The minimum absolute atomic E-state index is 0.0830. The number of aromatic nitrogens is 1. The number of pyridine rings is 1. The van der Waals surface area contributed by atoms with E-state index in [-0.39, 0.29) is 15.6 Å². The average molecular weight is 384 g/mol. The van der Waals surface area contributed by atoms with Gasteiger partial charge < -0.3 is 5.32 Å². The molecular formula is C15H18ClN3O3SSi. The molecule has 0 radical (unpaired) electrons. The number of benzene rings is 1. The van der Waals surface area contributed by atoms with Gasteiger partial charge in [0.25, 0.3) is 5.91 Å². The highest BCUT2D eigenvalue weighted by Crippen LogP contribution is 2.18. The molecule has 0 bridgehead atoms. The predicted octanol–water partition coefficient (Wildman–Crippen LogP) is 2.18. The normalized spacial score (nSPS) is 12.0. The molecule has 0 saturated heterocycles. The van der Waals surface area contributed by atoms with Crippen LogP contribution in [0.1, 0.15) is 10.4 Å². The maximum atomic E-state index is 12.5. The van der Waals surface area contributed by atoms with Crippen molar-refractivity contribution in [1.29, 1.82) is 0 Å². The van der Waals surface area contributed by atoms with Crippen molar-refractivity contribution < 1.29 is 13.2 Å². The summed E-state index contributed by atoms with van der Waals surface area (Å²) in [6, 6.07) is 7.44. The molecule has 0 fully saturated rings. The summed E-state index contributed by atoms with van der Waals surface area (Å²) < 4.78 is 22.8. The number of nitrogens with two attached hydrogens (primary N) is 1. The van der Waals surface area contributed by atoms with Gasteiger partial charge in [-0.2, -0.15) is 0 Å². The van der Waals surface area contributed by atoms with Crippen molar-refractivity contribution in [2.24, 2.45) is 5.14 Å². The van der Waals surface area contributed by atoms with Crippen LogP contribution in [0, 0.1) is 0 Å². The molecule has 0 saturated carbocycles. The van der Waals surface area contributed by atoms with E-state index in [1.807, 2.05) is 0 Å². The van der Waals surface area contributed by atoms with E-state index in [4.69, 9.17) is 16.7 Å². The lowest BCUT2D eigenvalue weighted by Crippen LogP contribution is -2.38. The maximum Gasteiger partial charge on any atom is 0.258 e. The Kier molecular flexibility index (Phi) is 5.14. The quantitative estimate of drug-likeness (QED) is 0.623. The van der Waals surface area contributed by atoms with Crippen LogP contribution in [0.25, 0.3) is 0 Å². The minimum atomic E-state index is -3.84. The van der Waals surface area contributed by atoms with Crippen LogP contribution in [-0.4, -0.2) is 27.4 Å². The Balaban J connectivity index is 2.34. The van der Waals surface area contributed by atoms with Crippen molar-refractivity contribution >= 4 is 46.5 Å². The van der Waals surface area contributed by atoms with E-state index in [9.17, 15) is 13.2 Å². The third-order valence-corrected chi connectivity index (χ3v) is 6.59. The van der Waals surface area contributed by atoms with E-state index < -0.39 is 24.0 Å². The van der Waals surface area contributed by atoms with Crippen LogP contribution >= 0.6 is 11.6 Å². The van der Waals surface area contributed by atoms with E-state index in [1.54, 1.807) is 18.3 Å². The third kappa shape index (κ3) is 4.41. The lowest BCUT2D eigenvalue weighted by molar-refractivity contribution is 0.102. The predicted molar refractivity (Wildman–Crippen MR) is 98.0 cm³/mol. The average Bonchev–Trinajstić information content (AvgIpc) is 2.45. The van der Waals surface area contributed by atoms with Gasteiger partial charge in [-0.3, -0.25) is 4.79 Å². The molecule has 0 unspecified atom stereocenters. The van der Waals surface area contributed by atoms with E-state index in [0.717, 1.165) is 5.19 Å². The first-order chi connectivity index (χ1) is 11.0. The fraction of sp³-hybridized carbons (Fsp3) is 0.200. The maximum absolute atomic E-state index is 12.5. The summed E-state index contributed by atoms with van der Waals surface area (Å²) in [5.41, 5.74) is 0.554. The number of hydrogen-bond donors (Lipinski definition) is 2. The number of nitrogens with zero attached hydrogens (tertiary/aromatic N) is 1. The number of carbonyl (C=O) groups is 1. The van der Waals surface area contributed by atoms with Gasteiger partial charge in [0.15, 0.2) is 0 Å². The number of anilines is 1. The van der Waals surface area contributed by atoms with Crippen LogP contribution in [-0.2, 0) is 10.0 Å². The second-order valence-corrected chi connectivity index (χ2v) is 13.3. The molecule has 2 aromatic rings. The highest BCUT2D eigenvalue weighted by Gasteiger charge is 2.21. The number of sulfonamides is 1. The molecule has 128 valence electrons. The topological polar surface area (TPSA) is 102 Å². The fourth-order valence-electron chi connectivity index (χ4n) is 1.97. The smallest absolute Gasteiger partial charge is 0.258 e. The molecule has 1 heterocycles. The number of hydrogen-bond acceptors (Lipinski definition) is 4. The molecule has 0 aliphatic carbocycles. The number of rotatable bonds is 4. The SMILES string of the molecule is C[Si](C)(C)c1cnc(Cl)c(C(=O)Nc2cccc(S(N)(=O)=O)c2)c1. The first kappa shape index (κ1) is 18.6. The van der Waals surface area contributed by atoms with Gasteiger partial charge in [0, 0.05) is 11.9 Å². The lowest BCUT2D eigenvalue weighted by atomic mass is 10.2. The zero-order chi connectivity index (χ0) is 18.1. The summed E-state index contributed by atoms with van der Waals surface area (Å²) in [5, 5.41) is 8.80. The van der Waals surface area contributed by atoms with Gasteiger partial charge >= 0.3 is 0 Å². The molecule has 0 aliphatic rings. The van der Waals surface area contributed by atoms with Crippen molar-refractivity contribution in [3.05, 3.63) is 47.2 Å². The van der Waals surface area contributed by atoms with Crippen LogP contribution in [0.3, 0.4) is 0 Å². The molecule has 0 atom stereocenters. The monoisotopic (exact) mass is 383 g/mol. The largest absolute Gasteiger partial charge is 0.322 e. The van der Waals surface area contributed by atoms with Crippen LogP contribution in [0.4, 0.5) is 5.69 Å². The molecule has 1 aromatic carbocycles. The fourth-order valence-corrected chi connectivity index (χ4v) is 3.74.